The van der Waals surface area contributed by atoms with Crippen LogP contribution in [0.3, 0.4) is 0 Å². The molecular weight excluding hydrogens is 590 g/mol. The quantitative estimate of drug-likeness (QED) is 0.182. The number of pyridine rings is 1. The van der Waals surface area contributed by atoms with Crippen molar-refractivity contribution in [3.63, 3.8) is 0 Å². The molecule has 10 nitrogen and oxygen atoms in total. The Morgan fingerprint density at radius 2 is 1.87 bits per heavy atom. The number of hydrogen-bond donors (Lipinski definition) is 3. The highest BCUT2D eigenvalue weighted by atomic mass is 16.5. The van der Waals surface area contributed by atoms with Crippen LogP contribution in [-0.4, -0.2) is 61.5 Å². The van der Waals surface area contributed by atoms with Crippen LogP contribution in [0.25, 0.3) is 44.7 Å². The third kappa shape index (κ3) is 5.06. The first-order chi connectivity index (χ1) is 22.9. The fourth-order valence-corrected chi connectivity index (χ4v) is 7.93. The predicted octanol–water partition coefficient (Wildman–Crippen LogP) is 6.78. The van der Waals surface area contributed by atoms with Crippen LogP contribution < -0.4 is 5.32 Å². The molecule has 3 aliphatic rings. The Bertz CT molecular complexity index is 1960. The van der Waals surface area contributed by atoms with Gasteiger partial charge in [-0.15, -0.1) is 0 Å². The number of rotatable bonds is 7. The second-order valence-electron chi connectivity index (χ2n) is 13.5. The molecule has 240 valence electrons. The van der Waals surface area contributed by atoms with E-state index in [1.165, 1.54) is 47.8 Å². The van der Waals surface area contributed by atoms with Crippen molar-refractivity contribution >= 4 is 23.0 Å². The summed E-state index contributed by atoms with van der Waals surface area (Å²) >= 11 is 0. The second kappa shape index (κ2) is 11.7. The summed E-state index contributed by atoms with van der Waals surface area (Å²) in [5.74, 6) is 1.88. The van der Waals surface area contributed by atoms with Gasteiger partial charge in [-0.3, -0.25) is 9.78 Å². The van der Waals surface area contributed by atoms with Crippen LogP contribution in [0.5, 0.6) is 0 Å². The highest BCUT2D eigenvalue weighted by Gasteiger charge is 2.42. The zero-order chi connectivity index (χ0) is 32.2. The summed E-state index contributed by atoms with van der Waals surface area (Å²) in [6.07, 6.45) is 10.1. The molecule has 4 heterocycles. The van der Waals surface area contributed by atoms with Crippen molar-refractivity contribution in [2.75, 3.05) is 13.7 Å². The molecule has 0 radical (unpaired) electrons. The maximum atomic E-state index is 13.6. The lowest BCUT2D eigenvalue weighted by molar-refractivity contribution is -0.135. The largest absolute Gasteiger partial charge is 0.453 e. The standard InChI is InChI=1S/C37H39N7O3/c1-20(2)34(43-37(46)47-3)36(45)44-14-4-5-32(44)35-41-29-13-7-22(16-30(29)42-35)24-10-11-26(33-25-9-6-21(25)15-27(24)33)28-12-8-23(17-39-28)31-18-38-19-40-31/h7-8,10-13,16-21,25,32,34H,4-6,9,14-15H2,1-3H3,(H,38,40)(H,41,42)(H,43,46)/t21?,25?,32-,34-/m0/s1. The highest BCUT2D eigenvalue weighted by molar-refractivity contribution is 5.88. The van der Waals surface area contributed by atoms with E-state index in [9.17, 15) is 9.59 Å². The predicted molar refractivity (Wildman–Crippen MR) is 179 cm³/mol. The van der Waals surface area contributed by atoms with Gasteiger partial charge in [0.2, 0.25) is 5.91 Å². The minimum Gasteiger partial charge on any atom is -0.453 e. The van der Waals surface area contributed by atoms with Crippen molar-refractivity contribution < 1.29 is 14.3 Å². The number of hydrogen-bond acceptors (Lipinski definition) is 6. The number of carbonyl (C=O) groups is 2. The molecule has 8 rings (SSSR count). The number of likely N-dealkylation sites (tertiary alicyclic amines) is 1. The van der Waals surface area contributed by atoms with Gasteiger partial charge < -0.3 is 24.9 Å². The van der Waals surface area contributed by atoms with Crippen LogP contribution in [0.2, 0.25) is 0 Å². The summed E-state index contributed by atoms with van der Waals surface area (Å²) in [5.41, 5.74) is 11.4. The van der Waals surface area contributed by atoms with Crippen LogP contribution >= 0.6 is 0 Å². The van der Waals surface area contributed by atoms with E-state index in [4.69, 9.17) is 14.7 Å². The van der Waals surface area contributed by atoms with Crippen LogP contribution in [0.15, 0.2) is 61.2 Å². The van der Waals surface area contributed by atoms with E-state index in [1.54, 1.807) is 6.33 Å². The molecule has 2 aliphatic carbocycles. The molecule has 0 spiro atoms. The SMILES string of the molecule is COC(=O)N[C@H](C(=O)N1CCC[C@H]1c1nc2ccc(-c3ccc(-c4ccc(-c5cnc[nH]5)cn4)c4c3CC3CCC43)cc2[nH]1)C(C)C. The number of aromatic nitrogens is 5. The molecule has 2 unspecified atom stereocenters. The summed E-state index contributed by atoms with van der Waals surface area (Å²) in [5, 5.41) is 2.73. The minimum atomic E-state index is -0.663. The molecule has 1 saturated heterocycles. The number of imidazole rings is 2. The first kappa shape index (κ1) is 29.4. The van der Waals surface area contributed by atoms with E-state index < -0.39 is 12.1 Å². The van der Waals surface area contributed by atoms with E-state index >= 15 is 0 Å². The number of H-pyrrole nitrogens is 2. The van der Waals surface area contributed by atoms with Crippen LogP contribution in [-0.2, 0) is 16.0 Å². The molecule has 4 atom stereocenters. The lowest BCUT2D eigenvalue weighted by atomic mass is 9.73. The van der Waals surface area contributed by atoms with Crippen molar-refractivity contribution in [3.8, 4) is 33.6 Å². The number of fused-ring (bicyclic) bond motifs is 4. The van der Waals surface area contributed by atoms with Gasteiger partial charge in [0, 0.05) is 23.9 Å². The molecule has 2 amide bonds. The average molecular weight is 630 g/mol. The van der Waals surface area contributed by atoms with E-state index in [1.807, 2.05) is 31.1 Å². The lowest BCUT2D eigenvalue weighted by Crippen LogP contribution is -2.51. The molecule has 3 N–H and O–H groups in total. The zero-order valence-corrected chi connectivity index (χ0v) is 26.9. The van der Waals surface area contributed by atoms with Gasteiger partial charge >= 0.3 is 6.09 Å². The van der Waals surface area contributed by atoms with Gasteiger partial charge in [-0.25, -0.2) is 14.8 Å². The normalized spacial score (nSPS) is 20.6. The lowest BCUT2D eigenvalue weighted by Gasteiger charge is -2.31. The first-order valence-corrected chi connectivity index (χ1v) is 16.7. The molecule has 1 saturated carbocycles. The van der Waals surface area contributed by atoms with Crippen molar-refractivity contribution in [2.24, 2.45) is 11.8 Å². The Labute approximate surface area is 273 Å². The number of ether oxygens (including phenoxy) is 1. The van der Waals surface area contributed by atoms with Crippen molar-refractivity contribution in [1.29, 1.82) is 0 Å². The van der Waals surface area contributed by atoms with E-state index in [2.05, 4.69) is 62.7 Å². The fourth-order valence-electron chi connectivity index (χ4n) is 7.93. The summed E-state index contributed by atoms with van der Waals surface area (Å²) in [6.45, 7) is 4.48. The van der Waals surface area contributed by atoms with Crippen LogP contribution in [0.1, 0.15) is 68.4 Å². The zero-order valence-electron chi connectivity index (χ0n) is 26.9. The number of methoxy groups -OCH3 is 1. The number of alkyl carbamates (subject to hydrolysis) is 1. The van der Waals surface area contributed by atoms with Gasteiger partial charge in [0.15, 0.2) is 0 Å². The second-order valence-corrected chi connectivity index (χ2v) is 13.5. The van der Waals surface area contributed by atoms with Gasteiger partial charge in [-0.05, 0) is 96.4 Å². The third-order valence-corrected chi connectivity index (χ3v) is 10.5. The Kier molecular flexibility index (Phi) is 7.30. The monoisotopic (exact) mass is 629 g/mol. The van der Waals surface area contributed by atoms with E-state index in [0.717, 1.165) is 53.1 Å². The Hall–Kier alpha value is -4.99. The Balaban J connectivity index is 1.10. The van der Waals surface area contributed by atoms with Gasteiger partial charge in [0.05, 0.1) is 48.1 Å². The van der Waals surface area contributed by atoms with Crippen molar-refractivity contribution in [1.82, 2.24) is 35.1 Å². The molecule has 3 aromatic heterocycles. The smallest absolute Gasteiger partial charge is 0.407 e. The number of carbonyl (C=O) groups excluding carboxylic acids is 2. The number of benzene rings is 2. The maximum Gasteiger partial charge on any atom is 0.407 e. The number of nitrogens with zero attached hydrogens (tertiary/aromatic N) is 4. The van der Waals surface area contributed by atoms with Gasteiger partial charge in [0.1, 0.15) is 11.9 Å². The molecule has 10 heteroatoms. The molecule has 0 bridgehead atoms. The van der Waals surface area contributed by atoms with Crippen LogP contribution in [0, 0.1) is 11.8 Å². The van der Waals surface area contributed by atoms with Crippen molar-refractivity contribution in [2.45, 2.75) is 64.0 Å². The fraction of sp³-hybridized carbons (Fsp3) is 0.378. The number of aromatic amines is 2. The summed E-state index contributed by atoms with van der Waals surface area (Å²) in [7, 11) is 1.31. The molecule has 47 heavy (non-hydrogen) atoms. The van der Waals surface area contributed by atoms with Gasteiger partial charge in [-0.1, -0.05) is 32.0 Å². The maximum absolute atomic E-state index is 13.6. The van der Waals surface area contributed by atoms with Gasteiger partial charge in [0.25, 0.3) is 0 Å². The number of amides is 2. The summed E-state index contributed by atoms with van der Waals surface area (Å²) < 4.78 is 4.79. The summed E-state index contributed by atoms with van der Waals surface area (Å²) in [6, 6.07) is 14.4. The highest BCUT2D eigenvalue weighted by Crippen LogP contribution is 2.56. The third-order valence-electron chi connectivity index (χ3n) is 10.5. The average Bonchev–Trinajstić information content (AvgIpc) is 3.88. The Morgan fingerprint density at radius 3 is 2.60 bits per heavy atom. The molecule has 2 aromatic carbocycles. The van der Waals surface area contributed by atoms with Crippen molar-refractivity contribution in [3.05, 3.63) is 78.1 Å². The Morgan fingerprint density at radius 1 is 1.02 bits per heavy atom. The number of nitrogens with one attached hydrogen (secondary N) is 3. The minimum absolute atomic E-state index is 0.0819. The first-order valence-electron chi connectivity index (χ1n) is 16.7. The van der Waals surface area contributed by atoms with Crippen LogP contribution in [0.4, 0.5) is 4.79 Å². The van der Waals surface area contributed by atoms with Gasteiger partial charge in [-0.2, -0.15) is 0 Å². The summed E-state index contributed by atoms with van der Waals surface area (Å²) in [4.78, 5) is 48.2. The molecule has 2 fully saturated rings. The molecular formula is C37H39N7O3. The molecule has 5 aromatic rings. The topological polar surface area (TPSA) is 129 Å². The van der Waals surface area contributed by atoms with E-state index in [-0.39, 0.29) is 17.9 Å². The van der Waals surface area contributed by atoms with E-state index in [0.29, 0.717) is 18.4 Å². The molecule has 1 aliphatic heterocycles.